The minimum absolute atomic E-state index is 0.550. The molecular weight excluding hydrogens is 222 g/mol. The molecule has 1 aromatic carbocycles. The number of nitrogens with zero attached hydrogens (tertiary/aromatic N) is 1. The lowest BCUT2D eigenvalue weighted by Gasteiger charge is -2.00. The number of ether oxygens (including phenoxy) is 1. The average Bonchev–Trinajstić information content (AvgIpc) is 2.58. The molecule has 0 bridgehead atoms. The molecule has 0 spiro atoms. The first kappa shape index (κ1) is 9.51. The number of hydrogen-bond donors (Lipinski definition) is 2. The number of nitrogen functional groups attached to an aromatic ring is 1. The Balaban J connectivity index is 2.64. The second-order valence-electron chi connectivity index (χ2n) is 2.62. The molecule has 0 aliphatic carbocycles. The number of anilines is 1. The maximum absolute atomic E-state index is 5.94. The zero-order valence-electron chi connectivity index (χ0n) is 7.37. The standard InChI is InChI=1S/C8H8ClN3OS/c1-13-6-3-7-5(2-4(6)9)11-8(12-10)14-7/h2-3H,10H2,1H3,(H,11,12). The number of methoxy groups -OCH3 is 1. The van der Waals surface area contributed by atoms with Crippen LogP contribution in [-0.4, -0.2) is 12.1 Å². The van der Waals surface area contributed by atoms with Gasteiger partial charge < -0.3 is 4.74 Å². The van der Waals surface area contributed by atoms with E-state index >= 15 is 0 Å². The van der Waals surface area contributed by atoms with Gasteiger partial charge >= 0.3 is 0 Å². The quantitative estimate of drug-likeness (QED) is 0.613. The Morgan fingerprint density at radius 3 is 3.00 bits per heavy atom. The highest BCUT2D eigenvalue weighted by atomic mass is 35.5. The van der Waals surface area contributed by atoms with Crippen molar-refractivity contribution in [2.24, 2.45) is 5.84 Å². The fourth-order valence-electron chi connectivity index (χ4n) is 1.15. The molecule has 1 aromatic heterocycles. The molecule has 74 valence electrons. The highest BCUT2D eigenvalue weighted by molar-refractivity contribution is 7.22. The van der Waals surface area contributed by atoms with E-state index < -0.39 is 0 Å². The first-order valence-electron chi connectivity index (χ1n) is 3.85. The number of halogens is 1. The zero-order chi connectivity index (χ0) is 10.1. The highest BCUT2D eigenvalue weighted by Crippen LogP contribution is 2.33. The van der Waals surface area contributed by atoms with E-state index in [9.17, 15) is 0 Å². The normalized spacial score (nSPS) is 10.5. The van der Waals surface area contributed by atoms with Crippen molar-refractivity contribution in [2.45, 2.75) is 0 Å². The Labute approximate surface area is 89.6 Å². The summed E-state index contributed by atoms with van der Waals surface area (Å²) in [6.07, 6.45) is 0. The summed E-state index contributed by atoms with van der Waals surface area (Å²) in [7, 11) is 1.58. The summed E-state index contributed by atoms with van der Waals surface area (Å²) in [5.41, 5.74) is 3.31. The van der Waals surface area contributed by atoms with Gasteiger partial charge in [-0.2, -0.15) is 0 Å². The summed E-state index contributed by atoms with van der Waals surface area (Å²) in [5, 5.41) is 1.21. The van der Waals surface area contributed by atoms with Crippen LogP contribution in [-0.2, 0) is 0 Å². The monoisotopic (exact) mass is 229 g/mol. The molecule has 0 amide bonds. The molecule has 3 N–H and O–H groups in total. The number of nitrogens with two attached hydrogens (primary N) is 1. The molecule has 0 radical (unpaired) electrons. The number of benzene rings is 1. The molecular formula is C8H8ClN3OS. The van der Waals surface area contributed by atoms with Crippen LogP contribution in [0.15, 0.2) is 12.1 Å². The molecule has 0 unspecified atom stereocenters. The topological polar surface area (TPSA) is 60.2 Å². The van der Waals surface area contributed by atoms with Crippen LogP contribution in [0.25, 0.3) is 10.2 Å². The third-order valence-electron chi connectivity index (χ3n) is 1.79. The van der Waals surface area contributed by atoms with Crippen LogP contribution in [0.1, 0.15) is 0 Å². The minimum atomic E-state index is 0.550. The molecule has 1 heterocycles. The number of hydrogen-bond acceptors (Lipinski definition) is 5. The lowest BCUT2D eigenvalue weighted by atomic mass is 10.3. The summed E-state index contributed by atoms with van der Waals surface area (Å²) in [6.45, 7) is 0. The Hall–Kier alpha value is -1.04. The van der Waals surface area contributed by atoms with Gasteiger partial charge in [0, 0.05) is 6.07 Å². The molecule has 0 aliphatic rings. The predicted molar refractivity (Wildman–Crippen MR) is 59.0 cm³/mol. The second-order valence-corrected chi connectivity index (χ2v) is 4.06. The Bertz CT molecular complexity index is 471. The fourth-order valence-corrected chi connectivity index (χ4v) is 2.17. The lowest BCUT2D eigenvalue weighted by Crippen LogP contribution is -2.05. The van der Waals surface area contributed by atoms with Crippen LogP contribution in [0.5, 0.6) is 5.75 Å². The van der Waals surface area contributed by atoms with E-state index in [1.807, 2.05) is 6.07 Å². The lowest BCUT2D eigenvalue weighted by molar-refractivity contribution is 0.415. The summed E-state index contributed by atoms with van der Waals surface area (Å²) >= 11 is 7.39. The molecule has 0 atom stereocenters. The van der Waals surface area contributed by atoms with E-state index in [1.165, 1.54) is 11.3 Å². The van der Waals surface area contributed by atoms with Crippen molar-refractivity contribution in [2.75, 3.05) is 12.5 Å². The minimum Gasteiger partial charge on any atom is -0.495 e. The van der Waals surface area contributed by atoms with Crippen molar-refractivity contribution < 1.29 is 4.74 Å². The van der Waals surface area contributed by atoms with Crippen LogP contribution in [0, 0.1) is 0 Å². The number of hydrazine groups is 1. The van der Waals surface area contributed by atoms with Crippen molar-refractivity contribution in [3.05, 3.63) is 17.2 Å². The number of rotatable bonds is 2. The molecule has 2 rings (SSSR count). The third-order valence-corrected chi connectivity index (χ3v) is 3.03. The van der Waals surface area contributed by atoms with E-state index in [0.717, 1.165) is 10.2 Å². The van der Waals surface area contributed by atoms with Gasteiger partial charge in [0.15, 0.2) is 5.13 Å². The van der Waals surface area contributed by atoms with Crippen LogP contribution < -0.4 is 16.0 Å². The molecule has 14 heavy (non-hydrogen) atoms. The average molecular weight is 230 g/mol. The first-order valence-corrected chi connectivity index (χ1v) is 5.04. The number of aromatic nitrogens is 1. The smallest absolute Gasteiger partial charge is 0.198 e. The molecule has 0 saturated carbocycles. The van der Waals surface area contributed by atoms with Gasteiger partial charge in [-0.1, -0.05) is 22.9 Å². The van der Waals surface area contributed by atoms with Crippen molar-refractivity contribution >= 4 is 38.3 Å². The van der Waals surface area contributed by atoms with Gasteiger partial charge in [-0.3, -0.25) is 5.43 Å². The predicted octanol–water partition coefficient (Wildman–Crippen LogP) is 2.24. The van der Waals surface area contributed by atoms with Crippen LogP contribution in [0.2, 0.25) is 5.02 Å². The van der Waals surface area contributed by atoms with Gasteiger partial charge in [-0.25, -0.2) is 10.8 Å². The van der Waals surface area contributed by atoms with E-state index in [2.05, 4.69) is 10.4 Å². The Kier molecular flexibility index (Phi) is 2.45. The van der Waals surface area contributed by atoms with Gasteiger partial charge in [0.05, 0.1) is 22.3 Å². The van der Waals surface area contributed by atoms with E-state index in [-0.39, 0.29) is 0 Å². The molecule has 0 saturated heterocycles. The SMILES string of the molecule is COc1cc2sc(NN)nc2cc1Cl. The van der Waals surface area contributed by atoms with Gasteiger partial charge in [0.1, 0.15) is 5.75 Å². The Morgan fingerprint density at radius 1 is 1.57 bits per heavy atom. The number of thiazole rings is 1. The summed E-state index contributed by atoms with van der Waals surface area (Å²) in [6, 6.07) is 3.60. The molecule has 0 fully saturated rings. The highest BCUT2D eigenvalue weighted by Gasteiger charge is 2.07. The molecule has 4 nitrogen and oxygen atoms in total. The Morgan fingerprint density at radius 2 is 2.36 bits per heavy atom. The summed E-state index contributed by atoms with van der Waals surface area (Å²) in [4.78, 5) is 4.21. The maximum atomic E-state index is 5.94. The van der Waals surface area contributed by atoms with Gasteiger partial charge in [-0.05, 0) is 6.07 Å². The van der Waals surface area contributed by atoms with Crippen molar-refractivity contribution in [1.29, 1.82) is 0 Å². The molecule has 6 heteroatoms. The first-order chi connectivity index (χ1) is 6.74. The van der Waals surface area contributed by atoms with E-state index in [4.69, 9.17) is 22.2 Å². The fraction of sp³-hybridized carbons (Fsp3) is 0.125. The van der Waals surface area contributed by atoms with Gasteiger partial charge in [0.2, 0.25) is 0 Å². The third kappa shape index (κ3) is 1.50. The largest absolute Gasteiger partial charge is 0.495 e. The molecule has 0 aliphatic heterocycles. The van der Waals surface area contributed by atoms with Gasteiger partial charge in [-0.15, -0.1) is 0 Å². The van der Waals surface area contributed by atoms with E-state index in [1.54, 1.807) is 13.2 Å². The van der Waals surface area contributed by atoms with Gasteiger partial charge in [0.25, 0.3) is 0 Å². The van der Waals surface area contributed by atoms with Crippen molar-refractivity contribution in [3.63, 3.8) is 0 Å². The van der Waals surface area contributed by atoms with E-state index in [0.29, 0.717) is 15.9 Å². The second kappa shape index (κ2) is 3.61. The zero-order valence-corrected chi connectivity index (χ0v) is 8.95. The van der Waals surface area contributed by atoms with Crippen LogP contribution in [0.3, 0.4) is 0 Å². The van der Waals surface area contributed by atoms with Crippen LogP contribution >= 0.6 is 22.9 Å². The van der Waals surface area contributed by atoms with Crippen LogP contribution in [0.4, 0.5) is 5.13 Å². The summed E-state index contributed by atoms with van der Waals surface area (Å²) < 4.78 is 6.08. The van der Waals surface area contributed by atoms with Crippen molar-refractivity contribution in [1.82, 2.24) is 4.98 Å². The maximum Gasteiger partial charge on any atom is 0.198 e. The number of nitrogens with one attached hydrogen (secondary N) is 1. The number of fused-ring (bicyclic) bond motifs is 1. The van der Waals surface area contributed by atoms with Crippen molar-refractivity contribution in [3.8, 4) is 5.75 Å². The molecule has 2 aromatic rings. The summed E-state index contributed by atoms with van der Waals surface area (Å²) in [5.74, 6) is 5.90.